The number of rotatable bonds is 8. The van der Waals surface area contributed by atoms with Crippen LogP contribution in [0.3, 0.4) is 0 Å². The quantitative estimate of drug-likeness (QED) is 0.314. The Morgan fingerprint density at radius 1 is 1.09 bits per heavy atom. The summed E-state index contributed by atoms with van der Waals surface area (Å²) in [5.74, 6) is -5.88. The van der Waals surface area contributed by atoms with E-state index in [4.69, 9.17) is 11.6 Å². The van der Waals surface area contributed by atoms with Crippen LogP contribution in [-0.4, -0.2) is 77.2 Å². The maximum Gasteiger partial charge on any atom is 0.387 e. The van der Waals surface area contributed by atoms with Crippen LogP contribution in [0.1, 0.15) is 33.8 Å². The van der Waals surface area contributed by atoms with E-state index in [1.807, 2.05) is 0 Å². The number of likely N-dealkylation sites (tertiary alicyclic amines) is 1. The molecule has 0 bridgehead atoms. The third-order valence-corrected chi connectivity index (χ3v) is 8.12. The second kappa shape index (κ2) is 13.4. The first-order valence-corrected chi connectivity index (χ1v) is 14.3. The zero-order valence-corrected chi connectivity index (χ0v) is 24.5. The Hall–Kier alpha value is -4.24. The van der Waals surface area contributed by atoms with Crippen LogP contribution in [-0.2, 0) is 11.8 Å². The molecule has 2 atom stereocenters. The number of anilines is 1. The highest BCUT2D eigenvalue weighted by Gasteiger charge is 2.33. The maximum atomic E-state index is 14.6. The van der Waals surface area contributed by atoms with Crippen LogP contribution in [0.5, 0.6) is 5.75 Å². The predicted octanol–water partition coefficient (Wildman–Crippen LogP) is 4.15. The van der Waals surface area contributed by atoms with Gasteiger partial charge in [-0.15, -0.1) is 0 Å². The Morgan fingerprint density at radius 3 is 2.47 bits per heavy atom. The lowest BCUT2D eigenvalue weighted by molar-refractivity contribution is -0.127. The molecule has 2 aromatic carbocycles. The van der Waals surface area contributed by atoms with Gasteiger partial charge in [0.15, 0.2) is 17.4 Å². The maximum absolute atomic E-state index is 14.6. The number of carbonyl (C=O) groups excluding carboxylic acids is 3. The smallest absolute Gasteiger partial charge is 0.387 e. The molecule has 10 nitrogen and oxygen atoms in total. The normalized spacial score (nSPS) is 18.7. The number of ether oxygens (including phenoxy) is 1. The molecule has 2 aliphatic rings. The van der Waals surface area contributed by atoms with Crippen molar-refractivity contribution in [1.82, 2.24) is 25.1 Å². The van der Waals surface area contributed by atoms with Crippen molar-refractivity contribution in [3.8, 4) is 17.0 Å². The number of nitrogens with one attached hydrogen (secondary N) is 3. The molecule has 0 spiro atoms. The fraction of sp³-hybridized carbons (Fsp3) is 0.379. The topological polar surface area (TPSA) is 118 Å². The molecule has 1 aromatic heterocycles. The van der Waals surface area contributed by atoms with Crippen molar-refractivity contribution < 1.29 is 41.1 Å². The molecule has 45 heavy (non-hydrogen) atoms. The zero-order chi connectivity index (χ0) is 32.4. The highest BCUT2D eigenvalue weighted by Crippen LogP contribution is 2.31. The highest BCUT2D eigenvalue weighted by molar-refractivity contribution is 6.34. The van der Waals surface area contributed by atoms with E-state index in [9.17, 15) is 36.3 Å². The number of amides is 3. The van der Waals surface area contributed by atoms with Crippen molar-refractivity contribution in [1.29, 1.82) is 0 Å². The van der Waals surface area contributed by atoms with Gasteiger partial charge in [0.25, 0.3) is 11.8 Å². The summed E-state index contributed by atoms with van der Waals surface area (Å²) < 4.78 is 72.8. The number of piperidine rings is 1. The van der Waals surface area contributed by atoms with Crippen LogP contribution in [0.4, 0.5) is 27.6 Å². The van der Waals surface area contributed by atoms with Gasteiger partial charge in [-0.1, -0.05) is 11.6 Å². The fourth-order valence-corrected chi connectivity index (χ4v) is 5.61. The summed E-state index contributed by atoms with van der Waals surface area (Å²) in [6, 6.07) is 5.58. The van der Waals surface area contributed by atoms with E-state index in [-0.39, 0.29) is 57.6 Å². The first kappa shape index (κ1) is 32.2. The molecular weight excluding hydrogens is 627 g/mol. The molecule has 5 rings (SSSR count). The molecule has 0 saturated carbocycles. The Morgan fingerprint density at radius 2 is 1.82 bits per heavy atom. The van der Waals surface area contributed by atoms with Gasteiger partial charge in [-0.2, -0.15) is 13.2 Å². The lowest BCUT2D eigenvalue weighted by Crippen LogP contribution is -2.47. The fourth-order valence-electron chi connectivity index (χ4n) is 5.34. The molecule has 2 fully saturated rings. The Labute approximate surface area is 258 Å². The van der Waals surface area contributed by atoms with E-state index < -0.39 is 42.1 Å². The second-order valence-corrected chi connectivity index (χ2v) is 11.1. The summed E-state index contributed by atoms with van der Waals surface area (Å²) in [4.78, 5) is 44.2. The molecule has 2 aliphatic heterocycles. The minimum absolute atomic E-state index is 0.0115. The van der Waals surface area contributed by atoms with Crippen LogP contribution < -0.4 is 20.7 Å². The summed E-state index contributed by atoms with van der Waals surface area (Å²) in [5.41, 5.74) is 0.0615. The molecule has 240 valence electrons. The number of hydrogen-bond donors (Lipinski definition) is 3. The van der Waals surface area contributed by atoms with E-state index in [1.165, 1.54) is 29.8 Å². The number of imidazole rings is 1. The van der Waals surface area contributed by atoms with Gasteiger partial charge in [-0.3, -0.25) is 14.4 Å². The number of halogens is 6. The number of carbonyl (C=O) groups is 3. The van der Waals surface area contributed by atoms with Crippen molar-refractivity contribution in [3.05, 3.63) is 64.6 Å². The molecule has 16 heteroatoms. The summed E-state index contributed by atoms with van der Waals surface area (Å²) >= 11 is 6.39. The average molecular weight is 655 g/mol. The van der Waals surface area contributed by atoms with Crippen LogP contribution in [0.25, 0.3) is 11.3 Å². The molecule has 3 aromatic rings. The van der Waals surface area contributed by atoms with Crippen LogP contribution in [0.15, 0.2) is 36.5 Å². The SMILES string of the molecule is Cn1c(-c2ccc(OC(F)F)c(F)c2F)cnc1C(=O)Nc1ccc(C(=O)N2CCC(C(=O)N[C@H]3CNC[C@H]3F)CC2)c(Cl)c1. The third kappa shape index (κ3) is 6.88. The van der Waals surface area contributed by atoms with Gasteiger partial charge in [0.1, 0.15) is 6.17 Å². The van der Waals surface area contributed by atoms with E-state index in [2.05, 4.69) is 25.7 Å². The standard InChI is InChI=1S/C29H28ClF5N6O4/c1-40-21(17-4-5-22(45-29(34)35)24(33)23(17)32)13-37-25(40)27(43)38-15-2-3-16(18(30)10-15)28(44)41-8-6-14(7-9-41)26(42)39-20-12-36-11-19(20)31/h2-5,10,13-14,19-20,29,36H,6-9,11-12H2,1H3,(H,38,43)(H,39,42)/t19-,20+/m1/s1. The van der Waals surface area contributed by atoms with Crippen molar-refractivity contribution >= 4 is 35.0 Å². The van der Waals surface area contributed by atoms with E-state index in [1.54, 1.807) is 4.90 Å². The Bertz CT molecular complexity index is 1610. The molecule has 3 amide bonds. The van der Waals surface area contributed by atoms with Crippen molar-refractivity contribution in [2.24, 2.45) is 13.0 Å². The number of hydrogen-bond acceptors (Lipinski definition) is 6. The summed E-state index contributed by atoms with van der Waals surface area (Å²) in [7, 11) is 1.38. The van der Waals surface area contributed by atoms with Crippen molar-refractivity contribution in [2.75, 3.05) is 31.5 Å². The van der Waals surface area contributed by atoms with Crippen molar-refractivity contribution in [3.63, 3.8) is 0 Å². The van der Waals surface area contributed by atoms with Crippen LogP contribution >= 0.6 is 11.6 Å². The predicted molar refractivity (Wildman–Crippen MR) is 153 cm³/mol. The largest absolute Gasteiger partial charge is 0.432 e. The van der Waals surface area contributed by atoms with E-state index in [0.717, 1.165) is 18.3 Å². The zero-order valence-electron chi connectivity index (χ0n) is 23.8. The van der Waals surface area contributed by atoms with Crippen molar-refractivity contribution in [2.45, 2.75) is 31.7 Å². The van der Waals surface area contributed by atoms with Crippen LogP contribution in [0.2, 0.25) is 5.02 Å². The summed E-state index contributed by atoms with van der Waals surface area (Å²) in [5, 5.41) is 8.27. The number of aromatic nitrogens is 2. The molecular formula is C29H28ClF5N6O4. The third-order valence-electron chi connectivity index (χ3n) is 7.81. The Kier molecular flexibility index (Phi) is 9.58. The molecule has 3 heterocycles. The van der Waals surface area contributed by atoms with Gasteiger partial charge in [0, 0.05) is 50.4 Å². The molecule has 0 radical (unpaired) electrons. The monoisotopic (exact) mass is 654 g/mol. The first-order chi connectivity index (χ1) is 21.4. The minimum atomic E-state index is -3.34. The van der Waals surface area contributed by atoms with Crippen LogP contribution in [0, 0.1) is 17.6 Å². The number of benzene rings is 2. The molecule has 2 saturated heterocycles. The number of alkyl halides is 3. The second-order valence-electron chi connectivity index (χ2n) is 10.6. The van der Waals surface area contributed by atoms with E-state index in [0.29, 0.717) is 32.5 Å². The highest BCUT2D eigenvalue weighted by atomic mass is 35.5. The lowest BCUT2D eigenvalue weighted by Gasteiger charge is -2.32. The van der Waals surface area contributed by atoms with Gasteiger partial charge in [-0.25, -0.2) is 13.8 Å². The number of nitrogens with zero attached hydrogens (tertiary/aromatic N) is 3. The van der Waals surface area contributed by atoms with Gasteiger partial charge < -0.3 is 30.2 Å². The van der Waals surface area contributed by atoms with Gasteiger partial charge >= 0.3 is 6.61 Å². The van der Waals surface area contributed by atoms with Gasteiger partial charge in [-0.05, 0) is 43.2 Å². The first-order valence-electron chi connectivity index (χ1n) is 13.9. The minimum Gasteiger partial charge on any atom is -0.432 e. The Balaban J connectivity index is 1.20. The lowest BCUT2D eigenvalue weighted by atomic mass is 9.95. The summed E-state index contributed by atoms with van der Waals surface area (Å²) in [6.07, 6.45) is 0.808. The average Bonchev–Trinajstić information content (AvgIpc) is 3.59. The van der Waals surface area contributed by atoms with Gasteiger partial charge in [0.05, 0.1) is 28.5 Å². The van der Waals surface area contributed by atoms with E-state index >= 15 is 0 Å². The molecule has 0 aliphatic carbocycles. The summed E-state index contributed by atoms with van der Waals surface area (Å²) in [6.45, 7) is -2.15. The van der Waals surface area contributed by atoms with Gasteiger partial charge in [0.2, 0.25) is 11.7 Å². The molecule has 0 unspecified atom stereocenters. The molecule has 3 N–H and O–H groups in total.